The summed E-state index contributed by atoms with van der Waals surface area (Å²) in [4.78, 5) is 36.5. The number of benzene rings is 3. The number of carbonyl (C=O) groups is 3. The third-order valence-corrected chi connectivity index (χ3v) is 5.62. The van der Waals surface area contributed by atoms with Gasteiger partial charge in [-0.3, -0.25) is 14.4 Å². The van der Waals surface area contributed by atoms with Gasteiger partial charge in [-0.15, -0.1) is 0 Å². The number of nitrogens with one attached hydrogen (secondary N) is 2. The number of carboxylic acids is 1. The van der Waals surface area contributed by atoms with Crippen LogP contribution in [0.5, 0.6) is 0 Å². The second kappa shape index (κ2) is 12.0. The molecule has 0 radical (unpaired) electrons. The third kappa shape index (κ3) is 7.57. The van der Waals surface area contributed by atoms with Gasteiger partial charge in [-0.2, -0.15) is 0 Å². The predicted molar refractivity (Wildman–Crippen MR) is 131 cm³/mol. The Morgan fingerprint density at radius 3 is 2.24 bits per heavy atom. The van der Waals surface area contributed by atoms with Crippen LogP contribution in [-0.4, -0.2) is 35.5 Å². The zero-order valence-electron chi connectivity index (χ0n) is 18.0. The molecule has 3 aromatic carbocycles. The molecule has 6 nitrogen and oxygen atoms in total. The molecule has 3 aromatic rings. The van der Waals surface area contributed by atoms with Crippen LogP contribution < -0.4 is 10.6 Å². The summed E-state index contributed by atoms with van der Waals surface area (Å²) in [5.41, 5.74) is 3.46. The van der Waals surface area contributed by atoms with Gasteiger partial charge in [-0.05, 0) is 53.8 Å². The van der Waals surface area contributed by atoms with E-state index in [9.17, 15) is 14.4 Å². The first-order chi connectivity index (χ1) is 15.9. The molecule has 0 saturated carbocycles. The molecule has 2 amide bonds. The minimum Gasteiger partial charge on any atom is -0.481 e. The summed E-state index contributed by atoms with van der Waals surface area (Å²) in [5.74, 6) is -1.85. The van der Waals surface area contributed by atoms with Gasteiger partial charge in [0.15, 0.2) is 0 Å². The molecule has 0 bridgehead atoms. The lowest BCUT2D eigenvalue weighted by molar-refractivity contribution is -0.137. The Labute approximate surface area is 201 Å². The molecule has 170 valence electrons. The van der Waals surface area contributed by atoms with E-state index in [-0.39, 0.29) is 12.8 Å². The van der Waals surface area contributed by atoms with Crippen molar-refractivity contribution in [1.82, 2.24) is 10.6 Å². The number of amides is 2. The molecule has 3 N–H and O–H groups in total. The first-order valence-corrected chi connectivity index (χ1v) is 11.4. The molecule has 0 aliphatic carbocycles. The first kappa shape index (κ1) is 24.2. The molecule has 7 heteroatoms. The van der Waals surface area contributed by atoms with Crippen molar-refractivity contribution in [3.8, 4) is 11.1 Å². The van der Waals surface area contributed by atoms with Gasteiger partial charge in [0.1, 0.15) is 6.04 Å². The van der Waals surface area contributed by atoms with Gasteiger partial charge < -0.3 is 15.7 Å². The summed E-state index contributed by atoms with van der Waals surface area (Å²) >= 11 is 3.42. The number of carbonyl (C=O) groups excluding carboxylic acids is 2. The van der Waals surface area contributed by atoms with Crippen molar-refractivity contribution < 1.29 is 19.5 Å². The summed E-state index contributed by atoms with van der Waals surface area (Å²) in [7, 11) is 0. The van der Waals surface area contributed by atoms with Crippen LogP contribution in [0, 0.1) is 0 Å². The average molecular weight is 509 g/mol. The molecule has 1 atom stereocenters. The van der Waals surface area contributed by atoms with Crippen molar-refractivity contribution in [1.29, 1.82) is 0 Å². The average Bonchev–Trinajstić information content (AvgIpc) is 2.82. The SMILES string of the molecule is O=C(O)CC[C@H](NC(=O)c1ccc(-c2ccccc2)cc1)C(=O)NCCc1cccc(Br)c1. The van der Waals surface area contributed by atoms with E-state index in [0.717, 1.165) is 21.2 Å². The Bertz CT molecular complexity index is 1100. The summed E-state index contributed by atoms with van der Waals surface area (Å²) in [6.45, 7) is 0.375. The smallest absolute Gasteiger partial charge is 0.303 e. The van der Waals surface area contributed by atoms with Gasteiger partial charge in [0.05, 0.1) is 0 Å². The van der Waals surface area contributed by atoms with E-state index >= 15 is 0 Å². The van der Waals surface area contributed by atoms with Crippen LogP contribution in [0.1, 0.15) is 28.8 Å². The maximum Gasteiger partial charge on any atom is 0.303 e. The topological polar surface area (TPSA) is 95.5 Å². The Morgan fingerprint density at radius 2 is 1.58 bits per heavy atom. The van der Waals surface area contributed by atoms with Crippen LogP contribution >= 0.6 is 15.9 Å². The largest absolute Gasteiger partial charge is 0.481 e. The quantitative estimate of drug-likeness (QED) is 0.377. The van der Waals surface area contributed by atoms with Crippen molar-refractivity contribution in [2.24, 2.45) is 0 Å². The van der Waals surface area contributed by atoms with E-state index in [4.69, 9.17) is 5.11 Å². The molecule has 0 unspecified atom stereocenters. The summed E-state index contributed by atoms with van der Waals surface area (Å²) in [6, 6.07) is 23.7. The molecule has 33 heavy (non-hydrogen) atoms. The molecule has 0 aliphatic heterocycles. The van der Waals surface area contributed by atoms with Gasteiger partial charge >= 0.3 is 5.97 Å². The van der Waals surface area contributed by atoms with Gasteiger partial charge in [0.25, 0.3) is 5.91 Å². The fourth-order valence-electron chi connectivity index (χ4n) is 3.37. The van der Waals surface area contributed by atoms with Gasteiger partial charge in [0.2, 0.25) is 5.91 Å². The highest BCUT2D eigenvalue weighted by Crippen LogP contribution is 2.19. The van der Waals surface area contributed by atoms with Crippen LogP contribution in [-0.2, 0) is 16.0 Å². The molecule has 0 fully saturated rings. The highest BCUT2D eigenvalue weighted by atomic mass is 79.9. The molecule has 0 spiro atoms. The second-order valence-electron chi connectivity index (χ2n) is 7.57. The molecule has 0 aromatic heterocycles. The van der Waals surface area contributed by atoms with Crippen LogP contribution in [0.3, 0.4) is 0 Å². The number of carboxylic acid groups (broad SMARTS) is 1. The van der Waals surface area contributed by atoms with Gasteiger partial charge in [-0.1, -0.05) is 70.5 Å². The summed E-state index contributed by atoms with van der Waals surface area (Å²) in [6.07, 6.45) is 0.397. The monoisotopic (exact) mass is 508 g/mol. The number of aliphatic carboxylic acids is 1. The maximum absolute atomic E-state index is 12.7. The first-order valence-electron chi connectivity index (χ1n) is 10.6. The normalized spacial score (nSPS) is 11.4. The predicted octanol–water partition coefficient (Wildman–Crippen LogP) is 4.44. The molecular formula is C26H25BrN2O4. The minimum atomic E-state index is -1.02. The van der Waals surface area contributed by atoms with E-state index in [1.165, 1.54) is 0 Å². The Hall–Kier alpha value is -3.45. The van der Waals surface area contributed by atoms with E-state index < -0.39 is 23.8 Å². The van der Waals surface area contributed by atoms with Crippen molar-refractivity contribution in [3.05, 3.63) is 94.5 Å². The number of hydrogen-bond donors (Lipinski definition) is 3. The summed E-state index contributed by atoms with van der Waals surface area (Å²) in [5, 5.41) is 14.5. The molecule has 0 heterocycles. The zero-order chi connectivity index (χ0) is 23.6. The Morgan fingerprint density at radius 1 is 0.879 bits per heavy atom. The van der Waals surface area contributed by atoms with Crippen LogP contribution in [0.2, 0.25) is 0 Å². The minimum absolute atomic E-state index is 0.00584. The van der Waals surface area contributed by atoms with Crippen LogP contribution in [0.4, 0.5) is 0 Å². The van der Waals surface area contributed by atoms with Gasteiger partial charge in [-0.25, -0.2) is 0 Å². The van der Waals surface area contributed by atoms with Crippen molar-refractivity contribution in [2.75, 3.05) is 6.54 Å². The fourth-order valence-corrected chi connectivity index (χ4v) is 3.82. The standard InChI is InChI=1S/C26H25BrN2O4/c27-22-8-4-5-18(17-22)15-16-28-26(33)23(13-14-24(30)31)29-25(32)21-11-9-20(10-12-21)19-6-2-1-3-7-19/h1-12,17,23H,13-16H2,(H,28,33)(H,29,32)(H,30,31)/t23-/m0/s1. The van der Waals surface area contributed by atoms with E-state index in [1.54, 1.807) is 12.1 Å². The molecule has 0 saturated heterocycles. The Balaban J connectivity index is 1.61. The lowest BCUT2D eigenvalue weighted by Crippen LogP contribution is -2.47. The van der Waals surface area contributed by atoms with E-state index in [2.05, 4.69) is 26.6 Å². The lowest BCUT2D eigenvalue weighted by atomic mass is 10.0. The fraction of sp³-hybridized carbons (Fsp3) is 0.192. The highest BCUT2D eigenvalue weighted by Gasteiger charge is 2.22. The second-order valence-corrected chi connectivity index (χ2v) is 8.49. The van der Waals surface area contributed by atoms with Crippen LogP contribution in [0.25, 0.3) is 11.1 Å². The van der Waals surface area contributed by atoms with Crippen molar-refractivity contribution in [2.45, 2.75) is 25.3 Å². The van der Waals surface area contributed by atoms with E-state index in [1.807, 2.05) is 66.7 Å². The number of rotatable bonds is 10. The Kier molecular flexibility index (Phi) is 8.78. The van der Waals surface area contributed by atoms with Crippen LogP contribution in [0.15, 0.2) is 83.3 Å². The summed E-state index contributed by atoms with van der Waals surface area (Å²) < 4.78 is 0.955. The van der Waals surface area contributed by atoms with Gasteiger partial charge in [0, 0.05) is 23.0 Å². The van der Waals surface area contributed by atoms with Crippen molar-refractivity contribution in [3.63, 3.8) is 0 Å². The maximum atomic E-state index is 12.7. The molecule has 3 rings (SSSR count). The number of hydrogen-bond acceptors (Lipinski definition) is 3. The number of halogens is 1. The van der Waals surface area contributed by atoms with Crippen molar-refractivity contribution >= 4 is 33.7 Å². The third-order valence-electron chi connectivity index (χ3n) is 5.12. The highest BCUT2D eigenvalue weighted by molar-refractivity contribution is 9.10. The lowest BCUT2D eigenvalue weighted by Gasteiger charge is -2.18. The zero-order valence-corrected chi connectivity index (χ0v) is 19.5. The molecule has 0 aliphatic rings. The molecular weight excluding hydrogens is 484 g/mol. The van der Waals surface area contributed by atoms with E-state index in [0.29, 0.717) is 18.5 Å².